The van der Waals surface area contributed by atoms with Crippen molar-refractivity contribution in [1.29, 1.82) is 0 Å². The first-order valence-corrected chi connectivity index (χ1v) is 11.8. The normalized spacial score (nSPS) is 33.7. The molecule has 3 aliphatic rings. The van der Waals surface area contributed by atoms with E-state index in [-0.39, 0.29) is 31.4 Å². The fourth-order valence-corrected chi connectivity index (χ4v) is 5.12. The van der Waals surface area contributed by atoms with Crippen molar-refractivity contribution in [2.45, 2.75) is 77.0 Å². The SMILES string of the molecule is CCC(C)C1C(=O)N2CC(O)CC2C2(O)OC(NC(=O)OCc3ccccc3)(C(C)C)C(=O)N12. The summed E-state index contributed by atoms with van der Waals surface area (Å²) < 4.78 is 11.4. The minimum atomic E-state index is -2.20. The lowest BCUT2D eigenvalue weighted by Gasteiger charge is -2.50. The summed E-state index contributed by atoms with van der Waals surface area (Å²) in [5.41, 5.74) is -1.18. The maximum absolute atomic E-state index is 13.9. The van der Waals surface area contributed by atoms with E-state index in [4.69, 9.17) is 9.47 Å². The molecule has 3 aliphatic heterocycles. The van der Waals surface area contributed by atoms with Crippen molar-refractivity contribution >= 4 is 17.9 Å². The zero-order valence-electron chi connectivity index (χ0n) is 19.9. The smallest absolute Gasteiger partial charge is 0.410 e. The van der Waals surface area contributed by atoms with Crippen LogP contribution in [0.25, 0.3) is 0 Å². The highest BCUT2D eigenvalue weighted by atomic mass is 16.7. The van der Waals surface area contributed by atoms with E-state index in [0.29, 0.717) is 6.42 Å². The maximum Gasteiger partial charge on any atom is 0.410 e. The fraction of sp³-hybridized carbons (Fsp3) is 0.625. The van der Waals surface area contributed by atoms with Crippen LogP contribution >= 0.6 is 0 Å². The number of benzene rings is 1. The molecule has 6 unspecified atom stereocenters. The van der Waals surface area contributed by atoms with Gasteiger partial charge in [-0.2, -0.15) is 0 Å². The van der Waals surface area contributed by atoms with E-state index in [1.165, 1.54) is 4.90 Å². The Hall–Kier alpha value is -2.69. The fourth-order valence-electron chi connectivity index (χ4n) is 5.12. The molecule has 10 heteroatoms. The maximum atomic E-state index is 13.9. The first-order chi connectivity index (χ1) is 16.0. The molecule has 1 aromatic rings. The second kappa shape index (κ2) is 8.83. The van der Waals surface area contributed by atoms with Gasteiger partial charge in [-0.05, 0) is 11.5 Å². The second-order valence-electron chi connectivity index (χ2n) is 9.74. The Morgan fingerprint density at radius 3 is 2.56 bits per heavy atom. The summed E-state index contributed by atoms with van der Waals surface area (Å²) >= 11 is 0. The summed E-state index contributed by atoms with van der Waals surface area (Å²) in [4.78, 5) is 42.5. The number of nitrogens with zero attached hydrogens (tertiary/aromatic N) is 2. The molecule has 10 nitrogen and oxygen atoms in total. The molecule has 0 aliphatic carbocycles. The number of fused-ring (bicyclic) bond motifs is 3. The van der Waals surface area contributed by atoms with Gasteiger partial charge in [0.1, 0.15) is 18.7 Å². The van der Waals surface area contributed by atoms with Gasteiger partial charge in [-0.15, -0.1) is 0 Å². The summed E-state index contributed by atoms with van der Waals surface area (Å²) in [6, 6.07) is 7.13. The molecule has 6 atom stereocenters. The molecule has 0 aromatic heterocycles. The van der Waals surface area contributed by atoms with Gasteiger partial charge in [0, 0.05) is 18.9 Å². The summed E-state index contributed by atoms with van der Waals surface area (Å²) in [6.45, 7) is 7.10. The highest BCUT2D eigenvalue weighted by Crippen LogP contribution is 2.48. The average molecular weight is 476 g/mol. The number of rotatable bonds is 6. The van der Waals surface area contributed by atoms with Crippen LogP contribution in [0.3, 0.4) is 0 Å². The first kappa shape index (κ1) is 24.4. The second-order valence-corrected chi connectivity index (χ2v) is 9.74. The number of amides is 3. The number of carbonyl (C=O) groups excluding carboxylic acids is 3. The van der Waals surface area contributed by atoms with Gasteiger partial charge in [0.05, 0.1) is 6.10 Å². The highest BCUT2D eigenvalue weighted by Gasteiger charge is 2.73. The zero-order chi connectivity index (χ0) is 24.8. The predicted octanol–water partition coefficient (Wildman–Crippen LogP) is 1.16. The van der Waals surface area contributed by atoms with Gasteiger partial charge in [-0.1, -0.05) is 64.4 Å². The topological polar surface area (TPSA) is 129 Å². The standard InChI is InChI=1S/C24H33N3O7/c1-5-15(4)19-20(29)26-12-17(28)11-18(26)24(32)27(19)21(30)23(34-24,14(2)3)25-22(31)33-13-16-9-7-6-8-10-16/h6-10,14-15,17-19,28,32H,5,11-13H2,1-4H3,(H,25,31). The highest BCUT2D eigenvalue weighted by molar-refractivity contribution is 5.96. The van der Waals surface area contributed by atoms with E-state index >= 15 is 0 Å². The van der Waals surface area contributed by atoms with E-state index in [2.05, 4.69) is 5.32 Å². The number of hydrogen-bond acceptors (Lipinski definition) is 7. The molecular weight excluding hydrogens is 442 g/mol. The zero-order valence-corrected chi connectivity index (χ0v) is 19.9. The van der Waals surface area contributed by atoms with Gasteiger partial charge in [0.15, 0.2) is 0 Å². The van der Waals surface area contributed by atoms with Crippen LogP contribution in [0.4, 0.5) is 4.79 Å². The van der Waals surface area contributed by atoms with Crippen LogP contribution in [0.1, 0.15) is 46.1 Å². The number of alkyl carbamates (subject to hydrolysis) is 1. The third-order valence-electron chi connectivity index (χ3n) is 7.22. The largest absolute Gasteiger partial charge is 0.445 e. The van der Waals surface area contributed by atoms with Gasteiger partial charge in [-0.25, -0.2) is 4.79 Å². The molecular formula is C24H33N3O7. The molecule has 0 radical (unpaired) electrons. The number of hydrogen-bond donors (Lipinski definition) is 3. The third kappa shape index (κ3) is 3.73. The van der Waals surface area contributed by atoms with Crippen LogP contribution in [-0.2, 0) is 25.7 Å². The van der Waals surface area contributed by atoms with E-state index in [1.807, 2.05) is 32.0 Å². The van der Waals surface area contributed by atoms with Crippen molar-refractivity contribution < 1.29 is 34.1 Å². The van der Waals surface area contributed by atoms with E-state index in [0.717, 1.165) is 10.5 Å². The van der Waals surface area contributed by atoms with Gasteiger partial charge < -0.3 is 19.8 Å². The number of nitrogens with one attached hydrogen (secondary N) is 1. The van der Waals surface area contributed by atoms with Crippen LogP contribution < -0.4 is 5.32 Å². The quantitative estimate of drug-likeness (QED) is 0.563. The molecule has 34 heavy (non-hydrogen) atoms. The van der Waals surface area contributed by atoms with Crippen LogP contribution in [0.2, 0.25) is 0 Å². The van der Waals surface area contributed by atoms with Crippen LogP contribution in [0.15, 0.2) is 30.3 Å². The Morgan fingerprint density at radius 2 is 1.94 bits per heavy atom. The predicted molar refractivity (Wildman–Crippen MR) is 120 cm³/mol. The molecule has 4 rings (SSSR count). The molecule has 3 N–H and O–H groups in total. The van der Waals surface area contributed by atoms with Crippen LogP contribution in [-0.4, -0.2) is 74.3 Å². The summed E-state index contributed by atoms with van der Waals surface area (Å²) in [5.74, 6) is -4.15. The number of aliphatic hydroxyl groups excluding tert-OH is 1. The van der Waals surface area contributed by atoms with Gasteiger partial charge >= 0.3 is 6.09 Å². The van der Waals surface area contributed by atoms with Crippen molar-refractivity contribution in [2.75, 3.05) is 6.54 Å². The van der Waals surface area contributed by atoms with Crippen molar-refractivity contribution in [3.63, 3.8) is 0 Å². The van der Waals surface area contributed by atoms with Crippen LogP contribution in [0, 0.1) is 11.8 Å². The molecule has 0 saturated carbocycles. The Labute approximate surface area is 198 Å². The molecule has 186 valence electrons. The lowest BCUT2D eigenvalue weighted by atomic mass is 9.90. The lowest BCUT2D eigenvalue weighted by Crippen LogP contribution is -2.72. The Kier molecular flexibility index (Phi) is 6.34. The number of ether oxygens (including phenoxy) is 2. The van der Waals surface area contributed by atoms with Crippen molar-refractivity contribution in [3.8, 4) is 0 Å². The van der Waals surface area contributed by atoms with Gasteiger partial charge in [-0.3, -0.25) is 24.5 Å². The van der Waals surface area contributed by atoms with E-state index in [9.17, 15) is 24.6 Å². The number of aliphatic hydroxyl groups is 2. The molecule has 3 amide bonds. The van der Waals surface area contributed by atoms with Crippen molar-refractivity contribution in [2.24, 2.45) is 11.8 Å². The first-order valence-electron chi connectivity index (χ1n) is 11.8. The van der Waals surface area contributed by atoms with E-state index in [1.54, 1.807) is 26.0 Å². The Morgan fingerprint density at radius 1 is 1.26 bits per heavy atom. The van der Waals surface area contributed by atoms with Crippen LogP contribution in [0.5, 0.6) is 0 Å². The third-order valence-corrected chi connectivity index (χ3v) is 7.22. The molecule has 0 spiro atoms. The van der Waals surface area contributed by atoms with Crippen molar-refractivity contribution in [3.05, 3.63) is 35.9 Å². The van der Waals surface area contributed by atoms with Crippen molar-refractivity contribution in [1.82, 2.24) is 15.1 Å². The Balaban J connectivity index is 1.67. The number of piperazine rings is 1. The molecule has 1 aromatic carbocycles. The minimum absolute atomic E-state index is 0.0143. The molecule has 3 saturated heterocycles. The summed E-state index contributed by atoms with van der Waals surface area (Å²) in [6.07, 6.45) is -1.12. The monoisotopic (exact) mass is 475 g/mol. The molecule has 0 bridgehead atoms. The lowest BCUT2D eigenvalue weighted by molar-refractivity contribution is -0.323. The average Bonchev–Trinajstić information content (AvgIpc) is 3.31. The summed E-state index contributed by atoms with van der Waals surface area (Å²) in [7, 11) is 0. The van der Waals surface area contributed by atoms with Gasteiger partial charge in [0.2, 0.25) is 11.6 Å². The molecule has 3 fully saturated rings. The minimum Gasteiger partial charge on any atom is -0.445 e. The molecule has 3 heterocycles. The summed E-state index contributed by atoms with van der Waals surface area (Å²) in [5, 5.41) is 24.6. The number of carbonyl (C=O) groups is 3. The Bertz CT molecular complexity index is 957. The van der Waals surface area contributed by atoms with E-state index < -0.39 is 47.7 Å². The van der Waals surface area contributed by atoms with Gasteiger partial charge in [0.25, 0.3) is 11.8 Å².